The van der Waals surface area contributed by atoms with Crippen molar-refractivity contribution in [3.8, 4) is 5.75 Å². The minimum absolute atomic E-state index is 0.272. The molecule has 1 aromatic rings. The van der Waals surface area contributed by atoms with Crippen molar-refractivity contribution in [1.82, 2.24) is 5.32 Å². The van der Waals surface area contributed by atoms with E-state index in [1.165, 1.54) is 0 Å². The van der Waals surface area contributed by atoms with E-state index in [4.69, 9.17) is 21.1 Å². The molecule has 3 nitrogen and oxygen atoms in total. The van der Waals surface area contributed by atoms with Crippen LogP contribution in [0.4, 0.5) is 0 Å². The molecule has 18 heavy (non-hydrogen) atoms. The summed E-state index contributed by atoms with van der Waals surface area (Å²) in [5.41, 5.74) is 2.12. The van der Waals surface area contributed by atoms with Gasteiger partial charge in [-0.15, -0.1) is 0 Å². The summed E-state index contributed by atoms with van der Waals surface area (Å²) >= 11 is 6.12. The number of hydrogen-bond donors (Lipinski definition) is 1. The van der Waals surface area contributed by atoms with Gasteiger partial charge in [0.1, 0.15) is 5.75 Å². The lowest BCUT2D eigenvalue weighted by molar-refractivity contribution is 0.0159. The highest BCUT2D eigenvalue weighted by atomic mass is 35.5. The molecule has 0 radical (unpaired) electrons. The summed E-state index contributed by atoms with van der Waals surface area (Å²) in [5.74, 6) is 0.887. The monoisotopic (exact) mass is 269 g/mol. The molecule has 100 valence electrons. The van der Waals surface area contributed by atoms with Gasteiger partial charge >= 0.3 is 0 Å². The lowest BCUT2D eigenvalue weighted by Gasteiger charge is -2.23. The van der Waals surface area contributed by atoms with E-state index in [1.54, 1.807) is 0 Å². The average Bonchev–Trinajstić information content (AvgIpc) is 2.37. The quantitative estimate of drug-likeness (QED) is 0.912. The minimum atomic E-state index is 0.272. The van der Waals surface area contributed by atoms with Gasteiger partial charge in [0.2, 0.25) is 0 Å². The third kappa shape index (κ3) is 3.61. The van der Waals surface area contributed by atoms with E-state index >= 15 is 0 Å². The van der Waals surface area contributed by atoms with Crippen molar-refractivity contribution >= 4 is 11.6 Å². The first-order chi connectivity index (χ1) is 8.66. The molecule has 0 saturated carbocycles. The molecule has 0 amide bonds. The van der Waals surface area contributed by atoms with Crippen molar-refractivity contribution in [2.45, 2.75) is 26.4 Å². The average molecular weight is 270 g/mol. The van der Waals surface area contributed by atoms with Gasteiger partial charge in [0.15, 0.2) is 0 Å². The van der Waals surface area contributed by atoms with E-state index in [2.05, 4.69) is 5.32 Å². The highest BCUT2D eigenvalue weighted by Gasteiger charge is 2.13. The predicted molar refractivity (Wildman–Crippen MR) is 73.6 cm³/mol. The third-order valence-corrected chi connectivity index (χ3v) is 3.72. The van der Waals surface area contributed by atoms with E-state index < -0.39 is 0 Å². The Labute approximate surface area is 113 Å². The fourth-order valence-corrected chi connectivity index (χ4v) is 2.21. The van der Waals surface area contributed by atoms with Crippen LogP contribution in [0, 0.1) is 13.8 Å². The molecule has 1 aliphatic rings. The van der Waals surface area contributed by atoms with Gasteiger partial charge in [-0.05, 0) is 37.1 Å². The number of halogens is 1. The van der Waals surface area contributed by atoms with Crippen LogP contribution in [0.15, 0.2) is 12.1 Å². The van der Waals surface area contributed by atoms with Crippen LogP contribution >= 0.6 is 11.6 Å². The molecular weight excluding hydrogens is 250 g/mol. The Bertz CT molecular complexity index is 380. The maximum absolute atomic E-state index is 6.12. The van der Waals surface area contributed by atoms with Crippen LogP contribution in [0.2, 0.25) is 5.02 Å². The second-order valence-corrected chi connectivity index (χ2v) is 5.08. The molecule has 1 aliphatic heterocycles. The molecule has 0 bridgehead atoms. The zero-order valence-corrected chi connectivity index (χ0v) is 11.7. The molecule has 4 heteroatoms. The predicted octanol–water partition coefficient (Wildman–Crippen LogP) is 2.71. The molecule has 1 heterocycles. The van der Waals surface area contributed by atoms with Gasteiger partial charge in [-0.2, -0.15) is 0 Å². The summed E-state index contributed by atoms with van der Waals surface area (Å²) in [6.07, 6.45) is 1.18. The number of hydrogen-bond acceptors (Lipinski definition) is 3. The summed E-state index contributed by atoms with van der Waals surface area (Å²) < 4.78 is 11.4. The molecule has 2 rings (SSSR count). The van der Waals surface area contributed by atoms with Crippen molar-refractivity contribution < 1.29 is 9.47 Å². The van der Waals surface area contributed by atoms with Crippen LogP contribution in [0.1, 0.15) is 17.5 Å². The fraction of sp³-hybridized carbons (Fsp3) is 0.571. The Morgan fingerprint density at radius 3 is 2.72 bits per heavy atom. The summed E-state index contributed by atoms with van der Waals surface area (Å²) in [7, 11) is 0. The third-order valence-electron chi connectivity index (χ3n) is 3.12. The number of rotatable bonds is 4. The SMILES string of the molecule is Cc1cc(OCCC2CNCCO2)cc(C)c1Cl. The van der Waals surface area contributed by atoms with E-state index in [0.717, 1.165) is 48.0 Å². The molecule has 0 aliphatic carbocycles. The number of ether oxygens (including phenoxy) is 2. The molecule has 1 fully saturated rings. The Morgan fingerprint density at radius 1 is 1.39 bits per heavy atom. The van der Waals surface area contributed by atoms with Crippen LogP contribution in [-0.2, 0) is 4.74 Å². The molecular formula is C14H20ClNO2. The van der Waals surface area contributed by atoms with Crippen LogP contribution in [0.25, 0.3) is 0 Å². The van der Waals surface area contributed by atoms with Crippen molar-refractivity contribution in [3.63, 3.8) is 0 Å². The largest absolute Gasteiger partial charge is 0.493 e. The number of morpholine rings is 1. The van der Waals surface area contributed by atoms with Crippen molar-refractivity contribution in [3.05, 3.63) is 28.3 Å². The summed E-state index contributed by atoms with van der Waals surface area (Å²) in [6.45, 7) is 7.33. The molecule has 1 atom stereocenters. The molecule has 1 aromatic carbocycles. The number of aryl methyl sites for hydroxylation is 2. The van der Waals surface area contributed by atoms with Crippen molar-refractivity contribution in [2.24, 2.45) is 0 Å². The molecule has 0 spiro atoms. The molecule has 0 aromatic heterocycles. The fourth-order valence-electron chi connectivity index (χ4n) is 2.10. The Morgan fingerprint density at radius 2 is 2.11 bits per heavy atom. The second-order valence-electron chi connectivity index (χ2n) is 4.71. The Kier molecular flexibility index (Phi) is 4.87. The van der Waals surface area contributed by atoms with Gasteiger partial charge in [-0.25, -0.2) is 0 Å². The van der Waals surface area contributed by atoms with Crippen molar-refractivity contribution in [2.75, 3.05) is 26.3 Å². The maximum Gasteiger partial charge on any atom is 0.119 e. The van der Waals surface area contributed by atoms with Crippen LogP contribution in [0.5, 0.6) is 5.75 Å². The first-order valence-electron chi connectivity index (χ1n) is 6.38. The zero-order valence-electron chi connectivity index (χ0n) is 11.0. The van der Waals surface area contributed by atoms with Gasteiger partial charge in [0.25, 0.3) is 0 Å². The lowest BCUT2D eigenvalue weighted by atomic mass is 10.1. The minimum Gasteiger partial charge on any atom is -0.493 e. The zero-order chi connectivity index (χ0) is 13.0. The van der Waals surface area contributed by atoms with Gasteiger partial charge in [-0.3, -0.25) is 0 Å². The van der Waals surface area contributed by atoms with E-state index in [9.17, 15) is 0 Å². The number of benzene rings is 1. The van der Waals surface area contributed by atoms with Crippen LogP contribution in [0.3, 0.4) is 0 Å². The number of nitrogens with one attached hydrogen (secondary N) is 1. The standard InChI is InChI=1S/C14H20ClNO2/c1-10-7-13(8-11(2)14(10)15)17-5-3-12-9-16-4-6-18-12/h7-8,12,16H,3-6,9H2,1-2H3. The van der Waals surface area contributed by atoms with Gasteiger partial charge < -0.3 is 14.8 Å². The second kappa shape index (κ2) is 6.41. The molecule has 1 N–H and O–H groups in total. The Hall–Kier alpha value is -0.770. The molecule has 1 saturated heterocycles. The highest BCUT2D eigenvalue weighted by Crippen LogP contribution is 2.25. The normalized spacial score (nSPS) is 19.8. The van der Waals surface area contributed by atoms with E-state index in [-0.39, 0.29) is 6.10 Å². The van der Waals surface area contributed by atoms with Crippen LogP contribution < -0.4 is 10.1 Å². The topological polar surface area (TPSA) is 30.5 Å². The Balaban J connectivity index is 1.82. The first-order valence-corrected chi connectivity index (χ1v) is 6.76. The summed E-state index contributed by atoms with van der Waals surface area (Å²) in [6, 6.07) is 3.96. The maximum atomic E-state index is 6.12. The first kappa shape index (κ1) is 13.7. The van der Waals surface area contributed by atoms with E-state index in [0.29, 0.717) is 6.61 Å². The van der Waals surface area contributed by atoms with E-state index in [1.807, 2.05) is 26.0 Å². The lowest BCUT2D eigenvalue weighted by Crippen LogP contribution is -2.39. The smallest absolute Gasteiger partial charge is 0.119 e. The van der Waals surface area contributed by atoms with Crippen LogP contribution in [-0.4, -0.2) is 32.4 Å². The molecule has 1 unspecified atom stereocenters. The summed E-state index contributed by atoms with van der Waals surface area (Å²) in [5, 5.41) is 4.13. The van der Waals surface area contributed by atoms with Gasteiger partial charge in [0.05, 0.1) is 19.3 Å². The highest BCUT2D eigenvalue weighted by molar-refractivity contribution is 6.32. The summed E-state index contributed by atoms with van der Waals surface area (Å²) in [4.78, 5) is 0. The van der Waals surface area contributed by atoms with Gasteiger partial charge in [-0.1, -0.05) is 11.6 Å². The van der Waals surface area contributed by atoms with Gasteiger partial charge in [0, 0.05) is 24.5 Å². The van der Waals surface area contributed by atoms with Crippen molar-refractivity contribution in [1.29, 1.82) is 0 Å².